The van der Waals surface area contributed by atoms with Gasteiger partial charge in [0.2, 0.25) is 5.43 Å². The Labute approximate surface area is 155 Å². The van der Waals surface area contributed by atoms with Gasteiger partial charge in [0.15, 0.2) is 6.29 Å². The molecular formula is C19H12FN3O3S. The first-order chi connectivity index (χ1) is 13.1. The summed E-state index contributed by atoms with van der Waals surface area (Å²) in [5.74, 6) is -0.587. The van der Waals surface area contributed by atoms with Crippen LogP contribution in [0.15, 0.2) is 40.1 Å². The number of carbonyl (C=O) groups is 1. The topological polar surface area (TPSA) is 84.8 Å². The van der Waals surface area contributed by atoms with Crippen molar-refractivity contribution in [3.05, 3.63) is 62.6 Å². The lowest BCUT2D eigenvalue weighted by Gasteiger charge is -2.13. The predicted molar refractivity (Wildman–Crippen MR) is 101 cm³/mol. The first kappa shape index (κ1) is 16.1. The van der Waals surface area contributed by atoms with Crippen molar-refractivity contribution in [3.8, 4) is 11.1 Å². The van der Waals surface area contributed by atoms with Crippen LogP contribution in [0, 0.1) is 5.82 Å². The Morgan fingerprint density at radius 3 is 2.81 bits per heavy atom. The Hall–Kier alpha value is -3.13. The number of aromatic amines is 1. The number of nitrogens with one attached hydrogen (secondary N) is 1. The second-order valence-electron chi connectivity index (χ2n) is 6.58. The van der Waals surface area contributed by atoms with Gasteiger partial charge in [-0.3, -0.25) is 23.7 Å². The third-order valence-electron chi connectivity index (χ3n) is 4.84. The fraction of sp³-hybridized carbons (Fsp3) is 0.158. The molecule has 8 heteroatoms. The van der Waals surface area contributed by atoms with Crippen LogP contribution in [0.4, 0.5) is 4.39 Å². The lowest BCUT2D eigenvalue weighted by molar-refractivity contribution is 0.111. The molecule has 1 aliphatic carbocycles. The summed E-state index contributed by atoms with van der Waals surface area (Å²) in [6.45, 7) is 0. The molecule has 3 heterocycles. The minimum Gasteiger partial charge on any atom is -0.328 e. The summed E-state index contributed by atoms with van der Waals surface area (Å²) in [5.41, 5.74) is 0.670. The van der Waals surface area contributed by atoms with Crippen LogP contribution in [0.2, 0.25) is 0 Å². The van der Waals surface area contributed by atoms with Crippen LogP contribution in [0.5, 0.6) is 0 Å². The fourth-order valence-electron chi connectivity index (χ4n) is 3.45. The van der Waals surface area contributed by atoms with E-state index in [0.717, 1.165) is 24.4 Å². The van der Waals surface area contributed by atoms with Gasteiger partial charge < -0.3 is 4.57 Å². The SMILES string of the molecule is O=Cc1cc(-c2cc3c(cc2F)c(=O)c2c(=O)[nH]sc2n3C2CC2)ccn1. The third kappa shape index (κ3) is 2.37. The van der Waals surface area contributed by atoms with E-state index in [4.69, 9.17) is 0 Å². The molecule has 0 amide bonds. The normalized spacial score (nSPS) is 14.1. The van der Waals surface area contributed by atoms with Gasteiger partial charge in [0, 0.05) is 23.2 Å². The molecule has 6 nitrogen and oxygen atoms in total. The molecule has 0 aliphatic heterocycles. The average Bonchev–Trinajstić information content (AvgIpc) is 3.44. The van der Waals surface area contributed by atoms with E-state index >= 15 is 0 Å². The van der Waals surface area contributed by atoms with E-state index < -0.39 is 16.8 Å². The Morgan fingerprint density at radius 1 is 1.26 bits per heavy atom. The van der Waals surface area contributed by atoms with E-state index in [0.29, 0.717) is 22.2 Å². The zero-order chi connectivity index (χ0) is 18.7. The molecule has 27 heavy (non-hydrogen) atoms. The summed E-state index contributed by atoms with van der Waals surface area (Å²) >= 11 is 1.13. The quantitative estimate of drug-likeness (QED) is 0.552. The third-order valence-corrected chi connectivity index (χ3v) is 5.72. The highest BCUT2D eigenvalue weighted by Crippen LogP contribution is 2.40. The molecule has 3 aromatic heterocycles. The van der Waals surface area contributed by atoms with E-state index in [-0.39, 0.29) is 28.1 Å². The molecule has 134 valence electrons. The van der Waals surface area contributed by atoms with Crippen molar-refractivity contribution in [2.24, 2.45) is 0 Å². The first-order valence-corrected chi connectivity index (χ1v) is 9.20. The van der Waals surface area contributed by atoms with Gasteiger partial charge in [-0.1, -0.05) is 0 Å². The van der Waals surface area contributed by atoms with Crippen molar-refractivity contribution in [2.75, 3.05) is 0 Å². The van der Waals surface area contributed by atoms with E-state index in [9.17, 15) is 18.8 Å². The first-order valence-electron chi connectivity index (χ1n) is 8.39. The monoisotopic (exact) mass is 381 g/mol. The zero-order valence-corrected chi connectivity index (χ0v) is 14.7. The number of aromatic nitrogens is 3. The molecule has 1 N–H and O–H groups in total. The standard InChI is InChI=1S/C19H12FN3O3S/c20-14-6-13-15(7-12(14)9-3-4-21-10(5-9)8-24)23(11-1-2-11)19-16(17(13)25)18(26)22-27-19/h3-8,11H,1-2H2,(H,22,26). The highest BCUT2D eigenvalue weighted by Gasteiger charge is 2.29. The lowest BCUT2D eigenvalue weighted by atomic mass is 10.0. The Balaban J connectivity index is 1.91. The van der Waals surface area contributed by atoms with E-state index in [1.54, 1.807) is 12.1 Å². The van der Waals surface area contributed by atoms with Crippen LogP contribution in [-0.4, -0.2) is 20.2 Å². The second-order valence-corrected chi connectivity index (χ2v) is 7.38. The number of nitrogens with zero attached hydrogens (tertiary/aromatic N) is 2. The van der Waals surface area contributed by atoms with Crippen LogP contribution in [0.1, 0.15) is 29.4 Å². The summed E-state index contributed by atoms with van der Waals surface area (Å²) in [6, 6.07) is 6.11. The number of rotatable bonds is 3. The highest BCUT2D eigenvalue weighted by molar-refractivity contribution is 7.12. The summed E-state index contributed by atoms with van der Waals surface area (Å²) < 4.78 is 19.4. The van der Waals surface area contributed by atoms with Crippen molar-refractivity contribution in [2.45, 2.75) is 18.9 Å². The van der Waals surface area contributed by atoms with E-state index in [1.807, 2.05) is 4.57 Å². The summed E-state index contributed by atoms with van der Waals surface area (Å²) in [5, 5.41) is 0.267. The van der Waals surface area contributed by atoms with Crippen LogP contribution >= 0.6 is 11.5 Å². The molecule has 1 aliphatic rings. The van der Waals surface area contributed by atoms with Gasteiger partial charge in [-0.15, -0.1) is 0 Å². The van der Waals surface area contributed by atoms with Gasteiger partial charge in [-0.2, -0.15) is 0 Å². The molecule has 1 aromatic carbocycles. The van der Waals surface area contributed by atoms with Crippen molar-refractivity contribution in [3.63, 3.8) is 0 Å². The molecule has 0 spiro atoms. The van der Waals surface area contributed by atoms with Crippen molar-refractivity contribution < 1.29 is 9.18 Å². The minimum absolute atomic E-state index is 0.0821. The van der Waals surface area contributed by atoms with Crippen LogP contribution < -0.4 is 11.0 Å². The van der Waals surface area contributed by atoms with Crippen LogP contribution in [0.3, 0.4) is 0 Å². The van der Waals surface area contributed by atoms with Gasteiger partial charge in [0.25, 0.3) is 5.56 Å². The molecule has 0 radical (unpaired) electrons. The van der Waals surface area contributed by atoms with Crippen molar-refractivity contribution in [1.29, 1.82) is 0 Å². The molecular weight excluding hydrogens is 369 g/mol. The van der Waals surface area contributed by atoms with Crippen LogP contribution in [-0.2, 0) is 0 Å². The molecule has 0 unspecified atom stereocenters. The van der Waals surface area contributed by atoms with Crippen molar-refractivity contribution >= 4 is 38.9 Å². The van der Waals surface area contributed by atoms with Crippen molar-refractivity contribution in [1.82, 2.24) is 13.9 Å². The van der Waals surface area contributed by atoms with Gasteiger partial charge in [-0.05, 0) is 54.2 Å². The lowest BCUT2D eigenvalue weighted by Crippen LogP contribution is -2.15. The minimum atomic E-state index is -0.587. The number of H-pyrrole nitrogens is 1. The number of fused-ring (bicyclic) bond motifs is 2. The van der Waals surface area contributed by atoms with Crippen LogP contribution in [0.25, 0.3) is 32.2 Å². The molecule has 1 fully saturated rings. The second kappa shape index (κ2) is 5.68. The highest BCUT2D eigenvalue weighted by atomic mass is 32.1. The maximum atomic E-state index is 14.9. The maximum Gasteiger partial charge on any atom is 0.271 e. The number of hydrogen-bond donors (Lipinski definition) is 1. The van der Waals surface area contributed by atoms with Gasteiger partial charge >= 0.3 is 0 Å². The Morgan fingerprint density at radius 2 is 2.07 bits per heavy atom. The number of hydrogen-bond acceptors (Lipinski definition) is 5. The number of halogens is 1. The van der Waals surface area contributed by atoms with E-state index in [1.165, 1.54) is 18.3 Å². The largest absolute Gasteiger partial charge is 0.328 e. The van der Waals surface area contributed by atoms with Gasteiger partial charge in [0.1, 0.15) is 21.7 Å². The van der Waals surface area contributed by atoms with Gasteiger partial charge in [-0.25, -0.2) is 4.39 Å². The number of aldehydes is 1. The zero-order valence-electron chi connectivity index (χ0n) is 13.9. The molecule has 5 rings (SSSR count). The Kier molecular flexibility index (Phi) is 3.38. The van der Waals surface area contributed by atoms with E-state index in [2.05, 4.69) is 9.36 Å². The number of pyridine rings is 2. The number of benzene rings is 1. The molecule has 4 aromatic rings. The summed E-state index contributed by atoms with van der Waals surface area (Å²) in [6.07, 6.45) is 3.92. The maximum absolute atomic E-state index is 14.9. The average molecular weight is 381 g/mol. The molecule has 0 saturated heterocycles. The summed E-state index contributed by atoms with van der Waals surface area (Å²) in [4.78, 5) is 40.4. The fourth-order valence-corrected chi connectivity index (χ4v) is 4.37. The number of carbonyl (C=O) groups excluding carboxylic acids is 1. The smallest absolute Gasteiger partial charge is 0.271 e. The Bertz CT molecular complexity index is 1360. The van der Waals surface area contributed by atoms with Gasteiger partial charge in [0.05, 0.1) is 5.52 Å². The molecule has 0 atom stereocenters. The molecule has 0 bridgehead atoms. The molecule has 1 saturated carbocycles. The summed E-state index contributed by atoms with van der Waals surface area (Å²) in [7, 11) is 0. The predicted octanol–water partition coefficient (Wildman–Crippen LogP) is 3.25.